The van der Waals surface area contributed by atoms with Gasteiger partial charge in [0.25, 0.3) is 0 Å². The SMILES string of the molecule is O=C(c1cccc(NS(=O)Oc2ccccc2)c1)C1CC1. The van der Waals surface area contributed by atoms with Gasteiger partial charge in [0.1, 0.15) is 5.75 Å². The Bertz CT molecular complexity index is 668. The van der Waals surface area contributed by atoms with Crippen molar-refractivity contribution >= 4 is 22.7 Å². The first-order valence-corrected chi connectivity index (χ1v) is 7.86. The molecule has 1 atom stereocenters. The van der Waals surface area contributed by atoms with Crippen molar-refractivity contribution in [3.63, 3.8) is 0 Å². The van der Waals surface area contributed by atoms with Crippen LogP contribution in [0.5, 0.6) is 5.75 Å². The van der Waals surface area contributed by atoms with Crippen LogP contribution in [0.25, 0.3) is 0 Å². The van der Waals surface area contributed by atoms with E-state index in [1.54, 1.807) is 36.4 Å². The van der Waals surface area contributed by atoms with Crippen molar-refractivity contribution in [1.82, 2.24) is 0 Å². The van der Waals surface area contributed by atoms with E-state index in [1.807, 2.05) is 18.2 Å². The second-order valence-corrected chi connectivity index (χ2v) is 5.79. The summed E-state index contributed by atoms with van der Waals surface area (Å²) in [6, 6.07) is 16.0. The number of ketones is 1. The maximum absolute atomic E-state index is 12.0. The highest BCUT2D eigenvalue weighted by molar-refractivity contribution is 7.81. The largest absolute Gasteiger partial charge is 0.385 e. The minimum atomic E-state index is -1.70. The van der Waals surface area contributed by atoms with E-state index in [0.29, 0.717) is 17.0 Å². The molecule has 0 amide bonds. The van der Waals surface area contributed by atoms with Gasteiger partial charge in [0, 0.05) is 11.5 Å². The number of para-hydroxylation sites is 1. The van der Waals surface area contributed by atoms with Crippen LogP contribution in [0.1, 0.15) is 23.2 Å². The molecule has 1 saturated carbocycles. The maximum atomic E-state index is 12.0. The predicted molar refractivity (Wildman–Crippen MR) is 82.3 cm³/mol. The van der Waals surface area contributed by atoms with E-state index in [9.17, 15) is 9.00 Å². The lowest BCUT2D eigenvalue weighted by atomic mass is 10.1. The molecule has 108 valence electrons. The zero-order valence-electron chi connectivity index (χ0n) is 11.3. The van der Waals surface area contributed by atoms with Crippen LogP contribution >= 0.6 is 0 Å². The molecule has 4 nitrogen and oxygen atoms in total. The third kappa shape index (κ3) is 3.70. The van der Waals surface area contributed by atoms with Crippen LogP contribution in [0.3, 0.4) is 0 Å². The molecule has 21 heavy (non-hydrogen) atoms. The molecule has 1 fully saturated rings. The average Bonchev–Trinajstić information content (AvgIpc) is 3.32. The summed E-state index contributed by atoms with van der Waals surface area (Å²) in [4.78, 5) is 12.0. The van der Waals surface area contributed by atoms with Gasteiger partial charge in [-0.3, -0.25) is 9.52 Å². The molecule has 1 N–H and O–H groups in total. The quantitative estimate of drug-likeness (QED) is 0.832. The van der Waals surface area contributed by atoms with Crippen molar-refractivity contribution in [3.8, 4) is 5.75 Å². The predicted octanol–water partition coefficient (Wildman–Crippen LogP) is 3.35. The first kappa shape index (κ1) is 13.8. The second kappa shape index (κ2) is 6.10. The normalized spacial score (nSPS) is 15.2. The van der Waals surface area contributed by atoms with E-state index in [-0.39, 0.29) is 11.7 Å². The van der Waals surface area contributed by atoms with Gasteiger partial charge in [0.05, 0.1) is 5.69 Å². The van der Waals surface area contributed by atoms with Gasteiger partial charge in [-0.25, -0.2) is 0 Å². The van der Waals surface area contributed by atoms with E-state index in [4.69, 9.17) is 4.18 Å². The molecule has 1 unspecified atom stereocenters. The number of rotatable bonds is 6. The fraction of sp³-hybridized carbons (Fsp3) is 0.188. The summed E-state index contributed by atoms with van der Waals surface area (Å²) in [6.45, 7) is 0. The molecule has 1 aliphatic carbocycles. The smallest absolute Gasteiger partial charge is 0.316 e. The van der Waals surface area contributed by atoms with Gasteiger partial charge in [0.15, 0.2) is 5.78 Å². The molecule has 1 aliphatic rings. The molecule has 2 aromatic carbocycles. The molecule has 0 saturated heterocycles. The van der Waals surface area contributed by atoms with E-state index < -0.39 is 11.3 Å². The zero-order valence-corrected chi connectivity index (χ0v) is 12.1. The Hall–Kier alpha value is -2.14. The van der Waals surface area contributed by atoms with Crippen LogP contribution in [0.4, 0.5) is 5.69 Å². The lowest BCUT2D eigenvalue weighted by molar-refractivity contribution is 0.0967. The second-order valence-electron chi connectivity index (χ2n) is 4.95. The summed E-state index contributed by atoms with van der Waals surface area (Å²) >= 11 is -1.70. The molecule has 0 heterocycles. The first-order valence-electron chi connectivity index (χ1n) is 6.78. The Morgan fingerprint density at radius 1 is 1.10 bits per heavy atom. The van der Waals surface area contributed by atoms with Crippen molar-refractivity contribution < 1.29 is 13.2 Å². The highest BCUT2D eigenvalue weighted by Crippen LogP contribution is 2.33. The molecule has 2 aromatic rings. The molecule has 0 bridgehead atoms. The van der Waals surface area contributed by atoms with E-state index >= 15 is 0 Å². The van der Waals surface area contributed by atoms with Gasteiger partial charge in [-0.2, -0.15) is 4.21 Å². The van der Waals surface area contributed by atoms with E-state index in [0.717, 1.165) is 12.8 Å². The van der Waals surface area contributed by atoms with Gasteiger partial charge < -0.3 is 4.18 Å². The van der Waals surface area contributed by atoms with Crippen molar-refractivity contribution in [2.75, 3.05) is 4.72 Å². The monoisotopic (exact) mass is 301 g/mol. The lowest BCUT2D eigenvalue weighted by Gasteiger charge is -2.08. The van der Waals surface area contributed by atoms with Crippen molar-refractivity contribution in [2.45, 2.75) is 12.8 Å². The van der Waals surface area contributed by atoms with Gasteiger partial charge in [-0.05, 0) is 37.1 Å². The Morgan fingerprint density at radius 2 is 1.86 bits per heavy atom. The summed E-state index contributed by atoms with van der Waals surface area (Å²) in [6.07, 6.45) is 1.94. The average molecular weight is 301 g/mol. The molecule has 3 rings (SSSR count). The molecule has 0 aromatic heterocycles. The fourth-order valence-corrected chi connectivity index (χ4v) is 2.64. The summed E-state index contributed by atoms with van der Waals surface area (Å²) in [7, 11) is 0. The Kier molecular flexibility index (Phi) is 4.01. The van der Waals surface area contributed by atoms with Gasteiger partial charge in [-0.15, -0.1) is 0 Å². The van der Waals surface area contributed by atoms with Crippen LogP contribution in [0.2, 0.25) is 0 Å². The molecule has 0 spiro atoms. The lowest BCUT2D eigenvalue weighted by Crippen LogP contribution is -2.11. The molecule has 0 radical (unpaired) electrons. The molecule has 5 heteroatoms. The first-order chi connectivity index (χ1) is 10.2. The molecule has 0 aliphatic heterocycles. The number of Topliss-reactive ketones (excluding diaryl/α,β-unsaturated/α-hetero) is 1. The number of nitrogens with one attached hydrogen (secondary N) is 1. The minimum Gasteiger partial charge on any atom is -0.385 e. The number of anilines is 1. The van der Waals surface area contributed by atoms with E-state index in [1.165, 1.54) is 0 Å². The van der Waals surface area contributed by atoms with E-state index in [2.05, 4.69) is 4.72 Å². The van der Waals surface area contributed by atoms with Gasteiger partial charge in [-0.1, -0.05) is 30.3 Å². The van der Waals surface area contributed by atoms with Gasteiger partial charge in [0.2, 0.25) is 0 Å². The van der Waals surface area contributed by atoms with Crippen LogP contribution in [-0.2, 0) is 11.3 Å². The van der Waals surface area contributed by atoms with Crippen molar-refractivity contribution in [2.24, 2.45) is 5.92 Å². The fourth-order valence-electron chi connectivity index (χ4n) is 2.00. The highest BCUT2D eigenvalue weighted by atomic mass is 32.2. The van der Waals surface area contributed by atoms with Crippen molar-refractivity contribution in [1.29, 1.82) is 0 Å². The summed E-state index contributed by atoms with van der Waals surface area (Å²) in [5, 5.41) is 0. The number of carbonyl (C=O) groups excluding carboxylic acids is 1. The summed E-state index contributed by atoms with van der Waals surface area (Å²) in [5.41, 5.74) is 1.26. The van der Waals surface area contributed by atoms with Crippen molar-refractivity contribution in [3.05, 3.63) is 60.2 Å². The van der Waals surface area contributed by atoms with Crippen LogP contribution in [0.15, 0.2) is 54.6 Å². The molecular weight excluding hydrogens is 286 g/mol. The van der Waals surface area contributed by atoms with Crippen LogP contribution < -0.4 is 8.91 Å². The molecular formula is C16H15NO3S. The third-order valence-corrected chi connectivity index (χ3v) is 3.96. The van der Waals surface area contributed by atoms with Gasteiger partial charge >= 0.3 is 11.3 Å². The number of benzene rings is 2. The van der Waals surface area contributed by atoms with Crippen LogP contribution in [0, 0.1) is 5.92 Å². The third-order valence-electron chi connectivity index (χ3n) is 3.21. The summed E-state index contributed by atoms with van der Waals surface area (Å²) in [5.74, 6) is 0.855. The summed E-state index contributed by atoms with van der Waals surface area (Å²) < 4.78 is 19.9. The topological polar surface area (TPSA) is 55.4 Å². The Morgan fingerprint density at radius 3 is 2.57 bits per heavy atom. The highest BCUT2D eigenvalue weighted by Gasteiger charge is 2.30. The maximum Gasteiger partial charge on any atom is 0.316 e. The van der Waals surface area contributed by atoms with Crippen LogP contribution in [-0.4, -0.2) is 9.99 Å². The Labute approximate surface area is 125 Å². The Balaban J connectivity index is 1.65. The number of carbonyl (C=O) groups is 1. The standard InChI is InChI=1S/C16H15NO3S/c18-16(12-9-10-12)13-5-4-6-14(11-13)17-21(19)20-15-7-2-1-3-8-15/h1-8,11-12,17H,9-10H2. The number of hydrogen-bond acceptors (Lipinski definition) is 3. The zero-order chi connectivity index (χ0) is 14.7. The minimum absolute atomic E-state index is 0.161. The number of hydrogen-bond donors (Lipinski definition) is 1.